The van der Waals surface area contributed by atoms with Gasteiger partial charge in [0.2, 0.25) is 0 Å². The molecule has 0 saturated carbocycles. The SMILES string of the molecule is Cc1cc(Oc2ccc(F)c(Br)c2)c(CO)cn1. The summed E-state index contributed by atoms with van der Waals surface area (Å²) in [5.41, 5.74) is 1.37. The van der Waals surface area contributed by atoms with Crippen molar-refractivity contribution in [3.63, 3.8) is 0 Å². The van der Waals surface area contributed by atoms with Gasteiger partial charge in [0.15, 0.2) is 0 Å². The fourth-order valence-electron chi connectivity index (χ4n) is 1.44. The summed E-state index contributed by atoms with van der Waals surface area (Å²) >= 11 is 3.09. The number of halogens is 2. The van der Waals surface area contributed by atoms with Gasteiger partial charge in [-0.3, -0.25) is 4.98 Å². The van der Waals surface area contributed by atoms with Gasteiger partial charge in [-0.1, -0.05) is 0 Å². The van der Waals surface area contributed by atoms with Gasteiger partial charge in [-0.15, -0.1) is 0 Å². The topological polar surface area (TPSA) is 42.4 Å². The third-order valence-corrected chi connectivity index (χ3v) is 2.98. The van der Waals surface area contributed by atoms with Crippen LogP contribution < -0.4 is 4.74 Å². The molecule has 1 N–H and O–H groups in total. The molecular formula is C13H11BrFNO2. The lowest BCUT2D eigenvalue weighted by molar-refractivity contribution is 0.276. The van der Waals surface area contributed by atoms with E-state index >= 15 is 0 Å². The van der Waals surface area contributed by atoms with E-state index in [0.29, 0.717) is 21.5 Å². The minimum absolute atomic E-state index is 0.162. The molecular weight excluding hydrogens is 301 g/mol. The van der Waals surface area contributed by atoms with Gasteiger partial charge < -0.3 is 9.84 Å². The number of hydrogen-bond acceptors (Lipinski definition) is 3. The lowest BCUT2D eigenvalue weighted by Crippen LogP contribution is -1.95. The molecule has 0 saturated heterocycles. The molecule has 1 aromatic carbocycles. The Bertz CT molecular complexity index is 575. The first-order valence-corrected chi connectivity index (χ1v) is 6.08. The highest BCUT2D eigenvalue weighted by Gasteiger charge is 2.07. The molecule has 0 aliphatic rings. The average molecular weight is 312 g/mol. The molecule has 2 aromatic rings. The van der Waals surface area contributed by atoms with Crippen LogP contribution in [0.3, 0.4) is 0 Å². The Kier molecular flexibility index (Phi) is 3.93. The molecule has 94 valence electrons. The summed E-state index contributed by atoms with van der Waals surface area (Å²) in [7, 11) is 0. The van der Waals surface area contributed by atoms with Crippen molar-refractivity contribution in [2.24, 2.45) is 0 Å². The number of aromatic nitrogens is 1. The lowest BCUT2D eigenvalue weighted by Gasteiger charge is -2.10. The molecule has 3 nitrogen and oxygen atoms in total. The first-order valence-electron chi connectivity index (χ1n) is 5.29. The third-order valence-electron chi connectivity index (χ3n) is 2.37. The number of benzene rings is 1. The highest BCUT2D eigenvalue weighted by atomic mass is 79.9. The van der Waals surface area contributed by atoms with Crippen molar-refractivity contribution in [3.05, 3.63) is 52.0 Å². The molecule has 1 heterocycles. The third kappa shape index (κ3) is 2.86. The summed E-state index contributed by atoms with van der Waals surface area (Å²) in [5, 5.41) is 9.20. The summed E-state index contributed by atoms with van der Waals surface area (Å²) < 4.78 is 19.0. The van der Waals surface area contributed by atoms with E-state index in [9.17, 15) is 9.50 Å². The van der Waals surface area contributed by atoms with Crippen LogP contribution in [0.25, 0.3) is 0 Å². The second-order valence-electron chi connectivity index (χ2n) is 3.77. The van der Waals surface area contributed by atoms with Gasteiger partial charge in [0.05, 0.1) is 11.1 Å². The van der Waals surface area contributed by atoms with Crippen molar-refractivity contribution in [1.29, 1.82) is 0 Å². The van der Waals surface area contributed by atoms with Crippen molar-refractivity contribution in [1.82, 2.24) is 4.98 Å². The zero-order valence-corrected chi connectivity index (χ0v) is 11.2. The van der Waals surface area contributed by atoms with Crippen molar-refractivity contribution in [3.8, 4) is 11.5 Å². The molecule has 0 unspecified atom stereocenters. The van der Waals surface area contributed by atoms with E-state index in [4.69, 9.17) is 4.74 Å². The van der Waals surface area contributed by atoms with Crippen LogP contribution in [-0.4, -0.2) is 10.1 Å². The number of aryl methyl sites for hydroxylation is 1. The number of aliphatic hydroxyl groups is 1. The summed E-state index contributed by atoms with van der Waals surface area (Å²) in [6.45, 7) is 1.67. The van der Waals surface area contributed by atoms with E-state index in [0.717, 1.165) is 5.69 Å². The zero-order chi connectivity index (χ0) is 13.1. The second-order valence-corrected chi connectivity index (χ2v) is 4.62. The number of pyridine rings is 1. The molecule has 0 aliphatic heterocycles. The molecule has 0 amide bonds. The van der Waals surface area contributed by atoms with Gasteiger partial charge in [0, 0.05) is 23.5 Å². The van der Waals surface area contributed by atoms with E-state index in [1.54, 1.807) is 12.3 Å². The lowest BCUT2D eigenvalue weighted by atomic mass is 10.2. The molecule has 0 radical (unpaired) electrons. The van der Waals surface area contributed by atoms with Crippen LogP contribution in [0.2, 0.25) is 0 Å². The van der Waals surface area contributed by atoms with E-state index < -0.39 is 0 Å². The monoisotopic (exact) mass is 311 g/mol. The Hall–Kier alpha value is -1.46. The Labute approximate surface area is 112 Å². The first-order chi connectivity index (χ1) is 8.60. The highest BCUT2D eigenvalue weighted by molar-refractivity contribution is 9.10. The number of ether oxygens (including phenoxy) is 1. The Balaban J connectivity index is 2.33. The van der Waals surface area contributed by atoms with Gasteiger partial charge in [-0.2, -0.15) is 0 Å². The van der Waals surface area contributed by atoms with Crippen LogP contribution in [0.15, 0.2) is 34.9 Å². The Morgan fingerprint density at radius 1 is 1.39 bits per heavy atom. The number of hydrogen-bond donors (Lipinski definition) is 1. The fraction of sp³-hybridized carbons (Fsp3) is 0.154. The molecule has 0 fully saturated rings. The van der Waals surface area contributed by atoms with Crippen molar-refractivity contribution >= 4 is 15.9 Å². The Morgan fingerprint density at radius 2 is 2.17 bits per heavy atom. The quantitative estimate of drug-likeness (QED) is 0.942. The summed E-state index contributed by atoms with van der Waals surface area (Å²) in [6.07, 6.45) is 1.56. The van der Waals surface area contributed by atoms with Crippen LogP contribution in [-0.2, 0) is 6.61 Å². The van der Waals surface area contributed by atoms with Crippen LogP contribution >= 0.6 is 15.9 Å². The smallest absolute Gasteiger partial charge is 0.137 e. The zero-order valence-electron chi connectivity index (χ0n) is 9.65. The maximum Gasteiger partial charge on any atom is 0.137 e. The number of nitrogens with zero attached hydrogens (tertiary/aromatic N) is 1. The van der Waals surface area contributed by atoms with Gasteiger partial charge >= 0.3 is 0 Å². The maximum atomic E-state index is 13.1. The molecule has 1 aromatic heterocycles. The van der Waals surface area contributed by atoms with Crippen LogP contribution in [0.1, 0.15) is 11.3 Å². The standard InChI is InChI=1S/C13H11BrFNO2/c1-8-4-13(9(7-17)6-16-8)18-10-2-3-12(15)11(14)5-10/h2-6,17H,7H2,1H3. The average Bonchev–Trinajstić information content (AvgIpc) is 2.34. The van der Waals surface area contributed by atoms with Crippen molar-refractivity contribution in [2.75, 3.05) is 0 Å². The maximum absolute atomic E-state index is 13.1. The van der Waals surface area contributed by atoms with Gasteiger partial charge in [0.25, 0.3) is 0 Å². The second kappa shape index (κ2) is 5.46. The molecule has 0 bridgehead atoms. The number of aliphatic hydroxyl groups excluding tert-OH is 1. The van der Waals surface area contributed by atoms with Gasteiger partial charge in [0.1, 0.15) is 17.3 Å². The minimum atomic E-state index is -0.351. The molecule has 0 aliphatic carbocycles. The van der Waals surface area contributed by atoms with Crippen LogP contribution in [0.5, 0.6) is 11.5 Å². The molecule has 5 heteroatoms. The van der Waals surface area contributed by atoms with Gasteiger partial charge in [-0.25, -0.2) is 4.39 Å². The van der Waals surface area contributed by atoms with E-state index in [-0.39, 0.29) is 12.4 Å². The molecule has 2 rings (SSSR count). The van der Waals surface area contributed by atoms with E-state index in [1.807, 2.05) is 6.92 Å². The predicted molar refractivity (Wildman–Crippen MR) is 69.1 cm³/mol. The summed E-state index contributed by atoms with van der Waals surface area (Å²) in [5.74, 6) is 0.655. The van der Waals surface area contributed by atoms with Crippen molar-refractivity contribution in [2.45, 2.75) is 13.5 Å². The summed E-state index contributed by atoms with van der Waals surface area (Å²) in [4.78, 5) is 4.07. The molecule has 0 atom stereocenters. The Morgan fingerprint density at radius 3 is 2.83 bits per heavy atom. The minimum Gasteiger partial charge on any atom is -0.457 e. The largest absolute Gasteiger partial charge is 0.457 e. The first kappa shape index (κ1) is 13.0. The highest BCUT2D eigenvalue weighted by Crippen LogP contribution is 2.28. The van der Waals surface area contributed by atoms with Crippen LogP contribution in [0.4, 0.5) is 4.39 Å². The fourth-order valence-corrected chi connectivity index (χ4v) is 1.80. The van der Waals surface area contributed by atoms with E-state index in [1.165, 1.54) is 18.2 Å². The van der Waals surface area contributed by atoms with Crippen LogP contribution in [0, 0.1) is 12.7 Å². The van der Waals surface area contributed by atoms with Crippen molar-refractivity contribution < 1.29 is 14.2 Å². The van der Waals surface area contributed by atoms with Gasteiger partial charge in [-0.05, 0) is 41.1 Å². The molecule has 0 spiro atoms. The predicted octanol–water partition coefficient (Wildman–Crippen LogP) is 3.58. The van der Waals surface area contributed by atoms with E-state index in [2.05, 4.69) is 20.9 Å². The normalized spacial score (nSPS) is 10.4. The molecule has 18 heavy (non-hydrogen) atoms. The summed E-state index contributed by atoms with van der Waals surface area (Å²) in [6, 6.07) is 6.10. The number of rotatable bonds is 3.